The van der Waals surface area contributed by atoms with Crippen molar-refractivity contribution in [3.05, 3.63) is 12.2 Å². The van der Waals surface area contributed by atoms with Gasteiger partial charge in [-0.2, -0.15) is 0 Å². The topological polar surface area (TPSA) is 95.9 Å². The fourth-order valence-electron chi connectivity index (χ4n) is 10.7. The molecule has 6 heteroatoms. The number of ether oxygens (including phenoxy) is 1. The summed E-state index contributed by atoms with van der Waals surface area (Å²) in [5, 5.41) is 23.1. The maximum atomic E-state index is 12.5. The number of hydrogen-bond acceptors (Lipinski definition) is 5. The Bertz CT molecular complexity index is 1100. The first-order valence-electron chi connectivity index (χ1n) is 33.5. The van der Waals surface area contributed by atoms with Gasteiger partial charge in [0.25, 0.3) is 0 Å². The van der Waals surface area contributed by atoms with Crippen LogP contribution in [0.1, 0.15) is 380 Å². The molecule has 0 aromatic rings. The molecular formula is C67H131NO5. The van der Waals surface area contributed by atoms with Crippen LogP contribution in [0.2, 0.25) is 0 Å². The van der Waals surface area contributed by atoms with Crippen molar-refractivity contribution in [2.75, 3.05) is 13.2 Å². The van der Waals surface area contributed by atoms with Gasteiger partial charge in [0, 0.05) is 12.8 Å². The minimum atomic E-state index is -0.841. The standard InChI is InChI=1S/C67H131NO5/c1-3-5-7-9-11-13-15-17-35-39-43-47-51-55-59-65(70)64(63-69)68-66(71)60-56-52-48-44-40-36-33-31-29-27-25-23-21-19-20-22-24-26-28-30-32-34-38-42-46-50-54-58-62-73-67(72)61-57-53-49-45-41-37-18-16-14-12-10-8-6-4-2/h55,59,64-65,69-70H,3-54,56-58,60-63H2,1-2H3,(H,68,71)/b59-55+. The molecule has 2 unspecified atom stereocenters. The Hall–Kier alpha value is -1.40. The van der Waals surface area contributed by atoms with E-state index in [-0.39, 0.29) is 18.5 Å². The lowest BCUT2D eigenvalue weighted by Gasteiger charge is -2.20. The minimum Gasteiger partial charge on any atom is -0.466 e. The Balaban J connectivity index is 3.34. The van der Waals surface area contributed by atoms with Crippen molar-refractivity contribution in [3.8, 4) is 0 Å². The molecule has 0 bridgehead atoms. The zero-order valence-electron chi connectivity index (χ0n) is 49.6. The van der Waals surface area contributed by atoms with Crippen molar-refractivity contribution in [1.29, 1.82) is 0 Å². The van der Waals surface area contributed by atoms with E-state index in [0.717, 1.165) is 38.5 Å². The normalized spacial score (nSPS) is 12.5. The molecule has 0 aliphatic heterocycles. The third-order valence-corrected chi connectivity index (χ3v) is 15.8. The number of amides is 1. The number of carbonyl (C=O) groups is 2. The number of carbonyl (C=O) groups excluding carboxylic acids is 2. The lowest BCUT2D eigenvalue weighted by molar-refractivity contribution is -0.143. The Kier molecular flexibility index (Phi) is 61.9. The van der Waals surface area contributed by atoms with Gasteiger partial charge in [-0.25, -0.2) is 0 Å². The zero-order chi connectivity index (χ0) is 52.9. The highest BCUT2D eigenvalue weighted by molar-refractivity contribution is 5.76. The van der Waals surface area contributed by atoms with E-state index in [4.69, 9.17) is 4.74 Å². The highest BCUT2D eigenvalue weighted by Gasteiger charge is 2.18. The number of esters is 1. The number of nitrogens with one attached hydrogen (secondary N) is 1. The molecule has 0 aliphatic carbocycles. The van der Waals surface area contributed by atoms with Crippen molar-refractivity contribution in [3.63, 3.8) is 0 Å². The van der Waals surface area contributed by atoms with Crippen molar-refractivity contribution >= 4 is 11.9 Å². The number of rotatable bonds is 63. The first-order valence-corrected chi connectivity index (χ1v) is 33.5. The van der Waals surface area contributed by atoms with Crippen LogP contribution in [0, 0.1) is 0 Å². The van der Waals surface area contributed by atoms with E-state index in [1.54, 1.807) is 6.08 Å². The SMILES string of the molecule is CCCCCCCCCCCCCC/C=C/C(O)C(CO)NC(=O)CCCCCCCCCCCCCCCCCCCCCCCCCCCCCCOC(=O)CCCCCCCCCCCCCCCC. The van der Waals surface area contributed by atoms with Gasteiger partial charge in [0.2, 0.25) is 5.91 Å². The second-order valence-corrected chi connectivity index (χ2v) is 23.2. The second-order valence-electron chi connectivity index (χ2n) is 23.2. The fraction of sp³-hybridized carbons (Fsp3) is 0.940. The largest absolute Gasteiger partial charge is 0.466 e. The van der Waals surface area contributed by atoms with Gasteiger partial charge in [0.1, 0.15) is 0 Å². The predicted molar refractivity (Wildman–Crippen MR) is 320 cm³/mol. The summed E-state index contributed by atoms with van der Waals surface area (Å²) in [5.41, 5.74) is 0. The molecule has 0 aromatic heterocycles. The number of aliphatic hydroxyl groups excluding tert-OH is 2. The summed E-state index contributed by atoms with van der Waals surface area (Å²) in [6.07, 6.45) is 77.1. The van der Waals surface area contributed by atoms with E-state index in [9.17, 15) is 19.8 Å². The first-order chi connectivity index (χ1) is 36.0. The molecule has 0 heterocycles. The van der Waals surface area contributed by atoms with Crippen LogP contribution in [0.4, 0.5) is 0 Å². The summed E-state index contributed by atoms with van der Waals surface area (Å²) in [6.45, 7) is 4.94. The van der Waals surface area contributed by atoms with Crippen LogP contribution >= 0.6 is 0 Å². The fourth-order valence-corrected chi connectivity index (χ4v) is 10.7. The monoisotopic (exact) mass is 1030 g/mol. The molecule has 1 amide bonds. The summed E-state index contributed by atoms with van der Waals surface area (Å²) >= 11 is 0. The molecule has 0 saturated carbocycles. The van der Waals surface area contributed by atoms with Gasteiger partial charge < -0.3 is 20.3 Å². The predicted octanol–water partition coefficient (Wildman–Crippen LogP) is 21.2. The molecule has 0 saturated heterocycles. The maximum absolute atomic E-state index is 12.5. The Labute approximate surface area is 457 Å². The van der Waals surface area contributed by atoms with Crippen molar-refractivity contribution in [1.82, 2.24) is 5.32 Å². The molecule has 0 aliphatic rings. The molecule has 6 nitrogen and oxygen atoms in total. The highest BCUT2D eigenvalue weighted by atomic mass is 16.5. The van der Waals surface area contributed by atoms with Crippen molar-refractivity contribution < 1.29 is 24.5 Å². The molecule has 3 N–H and O–H groups in total. The Morgan fingerprint density at radius 1 is 0.370 bits per heavy atom. The van der Waals surface area contributed by atoms with Crippen molar-refractivity contribution in [2.24, 2.45) is 0 Å². The molecule has 0 radical (unpaired) electrons. The van der Waals surface area contributed by atoms with Crippen LogP contribution in [0.5, 0.6) is 0 Å². The van der Waals surface area contributed by atoms with Gasteiger partial charge >= 0.3 is 5.97 Å². The lowest BCUT2D eigenvalue weighted by Crippen LogP contribution is -2.45. The number of hydrogen-bond donors (Lipinski definition) is 3. The number of unbranched alkanes of at least 4 members (excludes halogenated alkanes) is 52. The molecule has 0 aromatic carbocycles. The molecule has 0 spiro atoms. The van der Waals surface area contributed by atoms with E-state index >= 15 is 0 Å². The van der Waals surface area contributed by atoms with E-state index in [0.29, 0.717) is 19.4 Å². The lowest BCUT2D eigenvalue weighted by atomic mass is 10.0. The zero-order valence-corrected chi connectivity index (χ0v) is 49.6. The van der Waals surface area contributed by atoms with Gasteiger partial charge in [-0.3, -0.25) is 9.59 Å². The van der Waals surface area contributed by atoms with Crippen LogP contribution in [0.15, 0.2) is 12.2 Å². The second kappa shape index (κ2) is 63.1. The third-order valence-electron chi connectivity index (χ3n) is 15.8. The summed E-state index contributed by atoms with van der Waals surface area (Å²) < 4.78 is 5.49. The molecule has 434 valence electrons. The van der Waals surface area contributed by atoms with E-state index in [2.05, 4.69) is 19.2 Å². The highest BCUT2D eigenvalue weighted by Crippen LogP contribution is 2.19. The van der Waals surface area contributed by atoms with Crippen LogP contribution < -0.4 is 5.32 Å². The van der Waals surface area contributed by atoms with E-state index in [1.807, 2.05) is 6.08 Å². The third kappa shape index (κ3) is 59.7. The summed E-state index contributed by atoms with van der Waals surface area (Å²) in [7, 11) is 0. The average molecular weight is 1030 g/mol. The molecule has 73 heavy (non-hydrogen) atoms. The minimum absolute atomic E-state index is 0.0214. The van der Waals surface area contributed by atoms with Crippen LogP contribution in [0.25, 0.3) is 0 Å². The van der Waals surface area contributed by atoms with Gasteiger partial charge in [-0.1, -0.05) is 347 Å². The molecule has 0 fully saturated rings. The van der Waals surface area contributed by atoms with Crippen LogP contribution in [-0.2, 0) is 14.3 Å². The van der Waals surface area contributed by atoms with Crippen LogP contribution in [-0.4, -0.2) is 47.4 Å². The maximum Gasteiger partial charge on any atom is 0.305 e. The first kappa shape index (κ1) is 71.6. The summed E-state index contributed by atoms with van der Waals surface area (Å²) in [4.78, 5) is 24.5. The number of allylic oxidation sites excluding steroid dienone is 1. The van der Waals surface area contributed by atoms with Gasteiger partial charge in [0.05, 0.1) is 25.4 Å². The van der Waals surface area contributed by atoms with Gasteiger partial charge in [-0.05, 0) is 32.1 Å². The van der Waals surface area contributed by atoms with Gasteiger partial charge in [-0.15, -0.1) is 0 Å². The molecule has 2 atom stereocenters. The Morgan fingerprint density at radius 3 is 0.932 bits per heavy atom. The Morgan fingerprint density at radius 2 is 0.630 bits per heavy atom. The van der Waals surface area contributed by atoms with Crippen molar-refractivity contribution in [2.45, 2.75) is 392 Å². The van der Waals surface area contributed by atoms with Gasteiger partial charge in [0.15, 0.2) is 0 Å². The van der Waals surface area contributed by atoms with E-state index in [1.165, 1.54) is 315 Å². The smallest absolute Gasteiger partial charge is 0.305 e. The quantitative estimate of drug-likeness (QED) is 0.0320. The summed E-state index contributed by atoms with van der Waals surface area (Å²) in [5.74, 6) is -0.0411. The number of aliphatic hydroxyl groups is 2. The van der Waals surface area contributed by atoms with Crippen LogP contribution in [0.3, 0.4) is 0 Å². The molecule has 0 rings (SSSR count). The average Bonchev–Trinajstić information content (AvgIpc) is 3.39. The summed E-state index contributed by atoms with van der Waals surface area (Å²) in [6, 6.07) is -0.624. The van der Waals surface area contributed by atoms with E-state index < -0.39 is 12.1 Å². The molecular weight excluding hydrogens is 899 g/mol.